The summed E-state index contributed by atoms with van der Waals surface area (Å²) in [7, 11) is -3.86. The number of rotatable bonds is 5. The Morgan fingerprint density at radius 3 is 2.15 bits per heavy atom. The van der Waals surface area contributed by atoms with Gasteiger partial charge in [0.15, 0.2) is 0 Å². The maximum absolute atomic E-state index is 10.5. The number of hydrogen-bond donors (Lipinski definition) is 3. The lowest BCUT2D eigenvalue weighted by Crippen LogP contribution is -2.16. The maximum atomic E-state index is 10.5. The second-order valence-corrected chi connectivity index (χ2v) is 5.79. The van der Waals surface area contributed by atoms with Crippen molar-refractivity contribution in [2.24, 2.45) is 5.14 Å². The van der Waals surface area contributed by atoms with Crippen molar-refractivity contribution >= 4 is 33.5 Å². The van der Waals surface area contributed by atoms with Gasteiger partial charge in [0.05, 0.1) is 6.61 Å². The average Bonchev–Trinajstić information content (AvgIpc) is 2.25. The van der Waals surface area contributed by atoms with Gasteiger partial charge in [-0.05, 0) is 37.5 Å². The van der Waals surface area contributed by atoms with Crippen LogP contribution in [-0.2, 0) is 20.9 Å². The number of aliphatic hydroxyl groups is 2. The van der Waals surface area contributed by atoms with Crippen molar-refractivity contribution in [1.29, 1.82) is 0 Å². The lowest BCUT2D eigenvalue weighted by Gasteiger charge is -2.06. The van der Waals surface area contributed by atoms with Crippen LogP contribution < -0.4 is 5.14 Å². The highest BCUT2D eigenvalue weighted by Crippen LogP contribution is 2.25. The van der Waals surface area contributed by atoms with Crippen LogP contribution in [0.4, 0.5) is 0 Å². The molecule has 0 aliphatic rings. The van der Waals surface area contributed by atoms with Gasteiger partial charge in [0.25, 0.3) is 0 Å². The fourth-order valence-electron chi connectivity index (χ4n) is 1.20. The monoisotopic (exact) mass is 345 g/mol. The van der Waals surface area contributed by atoms with E-state index in [-0.39, 0.29) is 6.61 Å². The molecule has 116 valence electrons. The van der Waals surface area contributed by atoms with Gasteiger partial charge >= 0.3 is 10.3 Å². The standard InChI is InChI=1S/C9H11Cl2NO3S.C2H6O2/c10-8-4-1-5-9(11)7(8)3-2-6-15-16(12,13)14;1-2(3)4/h1,4-5H,2-3,6H2,(H2,12,13,14);2-4H,1H3. The molecule has 1 aromatic carbocycles. The van der Waals surface area contributed by atoms with Crippen LogP contribution in [0.25, 0.3) is 0 Å². The van der Waals surface area contributed by atoms with Crippen LogP contribution >= 0.6 is 23.2 Å². The van der Waals surface area contributed by atoms with Crippen LogP contribution in [0.3, 0.4) is 0 Å². The molecule has 0 fully saturated rings. The van der Waals surface area contributed by atoms with E-state index in [0.29, 0.717) is 22.9 Å². The van der Waals surface area contributed by atoms with Crippen molar-refractivity contribution in [2.75, 3.05) is 6.61 Å². The van der Waals surface area contributed by atoms with Crippen molar-refractivity contribution in [2.45, 2.75) is 26.1 Å². The molecule has 1 aromatic rings. The third-order valence-corrected chi connectivity index (χ3v) is 3.08. The first-order valence-corrected chi connectivity index (χ1v) is 7.82. The second-order valence-electron chi connectivity index (χ2n) is 3.75. The van der Waals surface area contributed by atoms with E-state index in [2.05, 4.69) is 9.32 Å². The molecule has 0 amide bonds. The SMILES string of the molecule is CC(O)O.NS(=O)(=O)OCCCc1c(Cl)cccc1Cl. The topological polar surface area (TPSA) is 110 Å². The van der Waals surface area contributed by atoms with E-state index in [1.807, 2.05) is 0 Å². The highest BCUT2D eigenvalue weighted by molar-refractivity contribution is 7.84. The summed E-state index contributed by atoms with van der Waals surface area (Å²) in [4.78, 5) is 0. The smallest absolute Gasteiger partial charge is 0.333 e. The molecule has 0 heterocycles. The van der Waals surface area contributed by atoms with Crippen molar-refractivity contribution < 1.29 is 22.8 Å². The van der Waals surface area contributed by atoms with E-state index in [1.165, 1.54) is 6.92 Å². The lowest BCUT2D eigenvalue weighted by molar-refractivity contribution is -0.0228. The van der Waals surface area contributed by atoms with Crippen LogP contribution in [0, 0.1) is 0 Å². The molecular formula is C11H17Cl2NO5S. The van der Waals surface area contributed by atoms with Crippen molar-refractivity contribution in [3.8, 4) is 0 Å². The van der Waals surface area contributed by atoms with Gasteiger partial charge in [0, 0.05) is 10.0 Å². The van der Waals surface area contributed by atoms with Gasteiger partial charge in [0.1, 0.15) is 6.29 Å². The normalized spacial score (nSPS) is 11.2. The van der Waals surface area contributed by atoms with Gasteiger partial charge in [0.2, 0.25) is 0 Å². The van der Waals surface area contributed by atoms with E-state index in [4.69, 9.17) is 33.4 Å². The summed E-state index contributed by atoms with van der Waals surface area (Å²) in [6.45, 7) is 1.29. The minimum absolute atomic E-state index is 0.0143. The van der Waals surface area contributed by atoms with Crippen LogP contribution in [0.15, 0.2) is 18.2 Å². The first-order valence-electron chi connectivity index (χ1n) is 5.59. The molecule has 0 unspecified atom stereocenters. The Balaban J connectivity index is 0.000000796. The third-order valence-electron chi connectivity index (χ3n) is 1.88. The third kappa shape index (κ3) is 10.4. The highest BCUT2D eigenvalue weighted by Gasteiger charge is 2.06. The molecule has 6 nitrogen and oxygen atoms in total. The van der Waals surface area contributed by atoms with Gasteiger partial charge in [-0.3, -0.25) is 4.18 Å². The second kappa shape index (κ2) is 9.51. The van der Waals surface area contributed by atoms with Gasteiger partial charge in [-0.1, -0.05) is 29.3 Å². The number of benzene rings is 1. The summed E-state index contributed by atoms with van der Waals surface area (Å²) in [6, 6.07) is 5.20. The lowest BCUT2D eigenvalue weighted by atomic mass is 10.1. The number of nitrogens with two attached hydrogens (primary N) is 1. The Morgan fingerprint density at radius 1 is 1.30 bits per heavy atom. The quantitative estimate of drug-likeness (QED) is 0.552. The summed E-state index contributed by atoms with van der Waals surface area (Å²) in [6.07, 6.45) is -0.159. The van der Waals surface area contributed by atoms with Crippen LogP contribution in [-0.4, -0.2) is 31.5 Å². The van der Waals surface area contributed by atoms with Gasteiger partial charge < -0.3 is 10.2 Å². The van der Waals surface area contributed by atoms with Crippen LogP contribution in [0.2, 0.25) is 10.0 Å². The Hall–Kier alpha value is -0.410. The molecular weight excluding hydrogens is 329 g/mol. The molecule has 0 saturated carbocycles. The van der Waals surface area contributed by atoms with Gasteiger partial charge in [-0.2, -0.15) is 8.42 Å². The molecule has 0 spiro atoms. The summed E-state index contributed by atoms with van der Waals surface area (Å²) in [5, 5.41) is 21.0. The molecule has 4 N–H and O–H groups in total. The number of halogens is 2. The molecule has 1 rings (SSSR count). The molecule has 0 aromatic heterocycles. The van der Waals surface area contributed by atoms with E-state index >= 15 is 0 Å². The number of hydrogen-bond acceptors (Lipinski definition) is 5. The predicted octanol–water partition coefficient (Wildman–Crippen LogP) is 1.46. The minimum Gasteiger partial charge on any atom is -0.368 e. The first kappa shape index (κ1) is 19.6. The largest absolute Gasteiger partial charge is 0.368 e. The summed E-state index contributed by atoms with van der Waals surface area (Å²) in [5.74, 6) is 0. The molecule has 0 bridgehead atoms. The summed E-state index contributed by atoms with van der Waals surface area (Å²) in [5.41, 5.74) is 0.781. The van der Waals surface area contributed by atoms with E-state index in [1.54, 1.807) is 18.2 Å². The number of aliphatic hydroxyl groups excluding tert-OH is 1. The van der Waals surface area contributed by atoms with Gasteiger partial charge in [-0.25, -0.2) is 5.14 Å². The Labute approximate surface area is 128 Å². The molecule has 0 aliphatic heterocycles. The molecule has 0 radical (unpaired) electrons. The van der Waals surface area contributed by atoms with Gasteiger partial charge in [-0.15, -0.1) is 0 Å². The summed E-state index contributed by atoms with van der Waals surface area (Å²) >= 11 is 11.9. The zero-order chi connectivity index (χ0) is 15.8. The molecule has 0 saturated heterocycles. The maximum Gasteiger partial charge on any atom is 0.333 e. The Bertz CT molecular complexity index is 485. The van der Waals surface area contributed by atoms with Crippen molar-refractivity contribution in [3.05, 3.63) is 33.8 Å². The first-order chi connectivity index (χ1) is 9.13. The van der Waals surface area contributed by atoms with Crippen LogP contribution in [0.5, 0.6) is 0 Å². The fraction of sp³-hybridized carbons (Fsp3) is 0.455. The molecule has 0 atom stereocenters. The highest BCUT2D eigenvalue weighted by atomic mass is 35.5. The van der Waals surface area contributed by atoms with E-state index in [9.17, 15) is 8.42 Å². The van der Waals surface area contributed by atoms with Crippen LogP contribution in [0.1, 0.15) is 18.9 Å². The minimum atomic E-state index is -3.86. The van der Waals surface area contributed by atoms with E-state index < -0.39 is 16.6 Å². The predicted molar refractivity (Wildman–Crippen MR) is 77.7 cm³/mol. The molecule has 9 heteroatoms. The zero-order valence-corrected chi connectivity index (χ0v) is 13.1. The Morgan fingerprint density at radius 2 is 1.75 bits per heavy atom. The fourth-order valence-corrected chi connectivity index (χ4v) is 2.13. The van der Waals surface area contributed by atoms with Crippen molar-refractivity contribution in [3.63, 3.8) is 0 Å². The van der Waals surface area contributed by atoms with E-state index in [0.717, 1.165) is 5.56 Å². The summed E-state index contributed by atoms with van der Waals surface area (Å²) < 4.78 is 25.4. The molecule has 0 aliphatic carbocycles. The zero-order valence-electron chi connectivity index (χ0n) is 10.8. The molecule has 20 heavy (non-hydrogen) atoms. The van der Waals surface area contributed by atoms with Crippen molar-refractivity contribution in [1.82, 2.24) is 0 Å². The average molecular weight is 346 g/mol. The Kier molecular flexibility index (Phi) is 9.32.